The third-order valence-electron chi connectivity index (χ3n) is 8.47. The first-order valence-corrected chi connectivity index (χ1v) is 13.7. The Morgan fingerprint density at radius 3 is 2.25 bits per heavy atom. The Labute approximate surface area is 227 Å². The molecule has 7 heteroatoms. The van der Waals surface area contributed by atoms with Crippen LogP contribution in [0.2, 0.25) is 0 Å². The van der Waals surface area contributed by atoms with Gasteiger partial charge in [0.05, 0.1) is 6.10 Å². The molecule has 216 valence electrons. The lowest BCUT2D eigenvalue weighted by molar-refractivity contribution is 0.0547. The van der Waals surface area contributed by atoms with Crippen LogP contribution in [-0.2, 0) is 4.74 Å². The lowest BCUT2D eigenvalue weighted by Crippen LogP contribution is -2.52. The molecule has 3 rings (SSSR count). The van der Waals surface area contributed by atoms with E-state index in [-0.39, 0.29) is 23.9 Å². The van der Waals surface area contributed by atoms with Crippen LogP contribution in [0.15, 0.2) is 22.8 Å². The van der Waals surface area contributed by atoms with Crippen molar-refractivity contribution >= 4 is 11.6 Å². The minimum absolute atomic E-state index is 0. The van der Waals surface area contributed by atoms with Gasteiger partial charge in [-0.3, -0.25) is 0 Å². The number of rotatable bonds is 10. The second-order valence-electron chi connectivity index (χ2n) is 11.7. The summed E-state index contributed by atoms with van der Waals surface area (Å²) in [7, 11) is 1.87. The minimum atomic E-state index is 0. The van der Waals surface area contributed by atoms with Crippen LogP contribution in [0.3, 0.4) is 0 Å². The fourth-order valence-corrected chi connectivity index (χ4v) is 6.51. The summed E-state index contributed by atoms with van der Waals surface area (Å²) in [5.41, 5.74) is 1.95. The summed E-state index contributed by atoms with van der Waals surface area (Å²) >= 11 is 6.21. The predicted octanol–water partition coefficient (Wildman–Crippen LogP) is 4.94. The average molecular weight is 535 g/mol. The van der Waals surface area contributed by atoms with Gasteiger partial charge in [0.25, 0.3) is 0 Å². The zero-order chi connectivity index (χ0) is 23.1. The SMILES string of the molecule is C.COC1CCC(CCCN[C@@H](CN2CC[C@H](C3=CC=C(Cl)CC3)C(C)(C)C2)C(C)C)CC1.O.O.O. The van der Waals surface area contributed by atoms with Crippen molar-refractivity contribution in [1.29, 1.82) is 0 Å². The molecule has 0 radical (unpaired) electrons. The van der Waals surface area contributed by atoms with Gasteiger partial charge >= 0.3 is 0 Å². The molecule has 1 heterocycles. The standard InChI is InChI=1S/C28H49ClN2O.CH4.3H2O/c1-21(2)27(30-17-6-7-22-8-14-25(32-5)15-9-22)19-31-18-16-26(28(3,4)20-31)23-10-12-24(29)13-11-23;;;;/h10,12,21-22,25-27,30H,6-9,11,13-20H2,1-5H3;1H4;3*1H2/t22?,25?,26-,27+;;;;/m1..../s1. The average Bonchev–Trinajstić information content (AvgIpc) is 2.76. The third kappa shape index (κ3) is 11.1. The van der Waals surface area contributed by atoms with Crippen molar-refractivity contribution in [2.45, 2.75) is 105 Å². The van der Waals surface area contributed by atoms with E-state index in [1.54, 1.807) is 5.57 Å². The van der Waals surface area contributed by atoms with E-state index in [0.717, 1.165) is 30.3 Å². The molecule has 0 spiro atoms. The number of methoxy groups -OCH3 is 1. The molecule has 0 amide bonds. The zero-order valence-corrected chi connectivity index (χ0v) is 23.7. The van der Waals surface area contributed by atoms with Crippen molar-refractivity contribution in [3.8, 4) is 0 Å². The third-order valence-corrected chi connectivity index (χ3v) is 8.78. The number of likely N-dealkylation sites (tertiary alicyclic amines) is 1. The summed E-state index contributed by atoms with van der Waals surface area (Å²) in [6, 6.07) is 0.585. The van der Waals surface area contributed by atoms with Crippen molar-refractivity contribution in [1.82, 2.24) is 10.2 Å². The van der Waals surface area contributed by atoms with Gasteiger partial charge in [0, 0.05) is 31.3 Å². The normalized spacial score (nSPS) is 26.8. The largest absolute Gasteiger partial charge is 0.412 e. The summed E-state index contributed by atoms with van der Waals surface area (Å²) in [6.45, 7) is 14.5. The summed E-state index contributed by atoms with van der Waals surface area (Å²) < 4.78 is 5.53. The summed E-state index contributed by atoms with van der Waals surface area (Å²) in [6.07, 6.45) is 16.3. The van der Waals surface area contributed by atoms with Crippen molar-refractivity contribution in [3.63, 3.8) is 0 Å². The molecular formula is C29H59ClN2O4. The molecule has 3 aliphatic rings. The van der Waals surface area contributed by atoms with Gasteiger partial charge in [0.15, 0.2) is 0 Å². The zero-order valence-electron chi connectivity index (χ0n) is 23.0. The van der Waals surface area contributed by atoms with E-state index in [0.29, 0.717) is 29.4 Å². The van der Waals surface area contributed by atoms with Crippen LogP contribution < -0.4 is 5.32 Å². The topological polar surface area (TPSA) is 119 Å². The lowest BCUT2D eigenvalue weighted by atomic mass is 9.68. The first-order valence-electron chi connectivity index (χ1n) is 13.3. The molecule has 2 aliphatic carbocycles. The Kier molecular flexibility index (Phi) is 18.8. The Morgan fingerprint density at radius 1 is 1.06 bits per heavy atom. The minimum Gasteiger partial charge on any atom is -0.412 e. The summed E-state index contributed by atoms with van der Waals surface area (Å²) in [5.74, 6) is 2.28. The quantitative estimate of drug-likeness (QED) is 0.399. The van der Waals surface area contributed by atoms with Crippen LogP contribution in [0, 0.1) is 23.2 Å². The van der Waals surface area contributed by atoms with E-state index < -0.39 is 0 Å². The van der Waals surface area contributed by atoms with Crippen molar-refractivity contribution in [3.05, 3.63) is 22.8 Å². The van der Waals surface area contributed by atoms with E-state index in [1.165, 1.54) is 64.6 Å². The first kappa shape index (κ1) is 37.7. The first-order chi connectivity index (χ1) is 15.3. The summed E-state index contributed by atoms with van der Waals surface area (Å²) in [4.78, 5) is 2.73. The molecular weight excluding hydrogens is 476 g/mol. The number of allylic oxidation sites excluding steroid dienone is 4. The molecule has 2 fully saturated rings. The van der Waals surface area contributed by atoms with E-state index >= 15 is 0 Å². The number of nitrogens with zero attached hydrogens (tertiary/aromatic N) is 1. The van der Waals surface area contributed by atoms with E-state index in [4.69, 9.17) is 16.3 Å². The second kappa shape index (κ2) is 17.9. The summed E-state index contributed by atoms with van der Waals surface area (Å²) in [5, 5.41) is 4.94. The monoisotopic (exact) mass is 534 g/mol. The fourth-order valence-electron chi connectivity index (χ4n) is 6.35. The maximum atomic E-state index is 6.21. The van der Waals surface area contributed by atoms with Crippen LogP contribution in [-0.4, -0.2) is 66.8 Å². The molecule has 1 saturated heterocycles. The number of halogens is 1. The highest BCUT2D eigenvalue weighted by Gasteiger charge is 2.38. The van der Waals surface area contributed by atoms with Crippen LogP contribution in [0.25, 0.3) is 0 Å². The number of hydrogen-bond acceptors (Lipinski definition) is 3. The molecule has 2 atom stereocenters. The molecule has 1 aliphatic heterocycles. The van der Waals surface area contributed by atoms with Gasteiger partial charge in [0.1, 0.15) is 0 Å². The van der Waals surface area contributed by atoms with Crippen LogP contribution >= 0.6 is 11.6 Å². The van der Waals surface area contributed by atoms with Gasteiger partial charge < -0.3 is 31.4 Å². The molecule has 1 saturated carbocycles. The van der Waals surface area contributed by atoms with Gasteiger partial charge in [-0.05, 0) is 100 Å². The van der Waals surface area contributed by atoms with E-state index in [2.05, 4.69) is 50.1 Å². The Balaban J connectivity index is 0. The van der Waals surface area contributed by atoms with E-state index in [1.807, 2.05) is 7.11 Å². The lowest BCUT2D eigenvalue weighted by Gasteiger charge is -2.47. The maximum absolute atomic E-state index is 6.21. The van der Waals surface area contributed by atoms with Crippen molar-refractivity contribution < 1.29 is 21.2 Å². The molecule has 36 heavy (non-hydrogen) atoms. The molecule has 0 unspecified atom stereocenters. The van der Waals surface area contributed by atoms with Crippen LogP contribution in [0.4, 0.5) is 0 Å². The molecule has 0 aromatic rings. The Hall–Kier alpha value is -0.470. The molecule has 6 nitrogen and oxygen atoms in total. The molecule has 0 aromatic carbocycles. The van der Waals surface area contributed by atoms with Crippen molar-refractivity contribution in [2.75, 3.05) is 33.3 Å². The van der Waals surface area contributed by atoms with Gasteiger partial charge in [-0.1, -0.05) is 58.4 Å². The van der Waals surface area contributed by atoms with Gasteiger partial charge in [-0.2, -0.15) is 0 Å². The molecule has 7 N–H and O–H groups in total. The fraction of sp³-hybridized carbons (Fsp3) is 0.862. The van der Waals surface area contributed by atoms with Gasteiger partial charge in [-0.25, -0.2) is 0 Å². The number of ether oxygens (including phenoxy) is 1. The molecule has 0 aromatic heterocycles. The highest BCUT2D eigenvalue weighted by atomic mass is 35.5. The molecule has 0 bridgehead atoms. The Bertz CT molecular complexity index is 645. The highest BCUT2D eigenvalue weighted by Crippen LogP contribution is 2.42. The second-order valence-corrected chi connectivity index (χ2v) is 12.2. The predicted molar refractivity (Wildman–Crippen MR) is 156 cm³/mol. The maximum Gasteiger partial charge on any atom is 0.0571 e. The van der Waals surface area contributed by atoms with Crippen LogP contribution in [0.1, 0.15) is 92.9 Å². The van der Waals surface area contributed by atoms with Crippen LogP contribution in [0.5, 0.6) is 0 Å². The van der Waals surface area contributed by atoms with Crippen molar-refractivity contribution in [2.24, 2.45) is 23.2 Å². The van der Waals surface area contributed by atoms with Gasteiger partial charge in [-0.15, -0.1) is 0 Å². The van der Waals surface area contributed by atoms with Gasteiger partial charge in [0.2, 0.25) is 0 Å². The number of piperidine rings is 1. The number of nitrogens with one attached hydrogen (secondary N) is 1. The van der Waals surface area contributed by atoms with E-state index in [9.17, 15) is 0 Å². The number of hydrogen-bond donors (Lipinski definition) is 1. The Morgan fingerprint density at radius 2 is 1.72 bits per heavy atom. The highest BCUT2D eigenvalue weighted by molar-refractivity contribution is 6.29. The smallest absolute Gasteiger partial charge is 0.0571 e.